The van der Waals surface area contributed by atoms with Crippen LogP contribution in [0.2, 0.25) is 0 Å². The molecule has 0 aromatic carbocycles. The first-order chi connectivity index (χ1) is 7.36. The molecule has 0 aromatic rings. The molecule has 0 aliphatic heterocycles. The van der Waals surface area contributed by atoms with E-state index in [1.54, 1.807) is 13.8 Å². The van der Waals surface area contributed by atoms with Crippen molar-refractivity contribution in [1.29, 1.82) is 0 Å². The smallest absolute Gasteiger partial charge is 0.309 e. The van der Waals surface area contributed by atoms with Gasteiger partial charge in [0.1, 0.15) is 0 Å². The summed E-state index contributed by atoms with van der Waals surface area (Å²) in [7, 11) is 0. The Morgan fingerprint density at radius 3 is 1.72 bits per heavy atom. The Morgan fingerprint density at radius 1 is 1.06 bits per heavy atom. The fraction of sp³-hybridized carbons (Fsp3) is 0.818. The van der Waals surface area contributed by atoms with Crippen LogP contribution >= 0.6 is 0 Å². The third-order valence-corrected chi connectivity index (χ3v) is 4.01. The zero-order valence-corrected chi connectivity index (χ0v) is 14.7. The van der Waals surface area contributed by atoms with E-state index in [0.717, 1.165) is 0 Å². The van der Waals surface area contributed by atoms with Crippen molar-refractivity contribution in [1.82, 2.24) is 0 Å². The van der Waals surface area contributed by atoms with Crippen LogP contribution in [0.3, 0.4) is 0 Å². The number of carboxylic acids is 2. The zero-order chi connectivity index (χ0) is 14.1. The Hall–Kier alpha value is -0.257. The number of hydrogen-bond donors (Lipinski definition) is 4. The van der Waals surface area contributed by atoms with Gasteiger partial charge in [-0.1, -0.05) is 13.8 Å². The second kappa shape index (κ2) is 6.26. The quantitative estimate of drug-likeness (QED) is 0.336. The van der Waals surface area contributed by atoms with Crippen LogP contribution in [0.25, 0.3) is 0 Å². The molecular weight excluding hydrogens is 433 g/mol. The molecule has 3 radical (unpaired) electrons. The number of rotatable bonds is 6. The summed E-state index contributed by atoms with van der Waals surface area (Å²) >= 11 is 0. The van der Waals surface area contributed by atoms with Gasteiger partial charge in [0.2, 0.25) is 0 Å². The molecule has 0 spiro atoms. The Balaban J connectivity index is 0. The molecule has 0 aliphatic rings. The summed E-state index contributed by atoms with van der Waals surface area (Å²) in [5.74, 6) is -2.02. The molecule has 7 heteroatoms. The zero-order valence-electron chi connectivity index (χ0n) is 11.2. The Bertz CT molecular complexity index is 327. The van der Waals surface area contributed by atoms with Crippen molar-refractivity contribution in [2.45, 2.75) is 46.2 Å². The second-order valence-corrected chi connectivity index (χ2v) is 5.49. The van der Waals surface area contributed by atoms with Gasteiger partial charge in [-0.15, -0.1) is 0 Å². The standard InChI is InChI=1S/C11H22N2O4.Bi/c1-9(2,8(16)17)10(3,4)11(12,13)6-5-7(14)15;/h5-6,12-13H2,1-4H3,(H,14,15)(H,16,17);. The van der Waals surface area contributed by atoms with Gasteiger partial charge in [-0.25, -0.2) is 0 Å². The molecule has 0 aromatic heterocycles. The topological polar surface area (TPSA) is 127 Å². The van der Waals surface area contributed by atoms with Gasteiger partial charge in [0, 0.05) is 38.0 Å². The fourth-order valence-corrected chi connectivity index (χ4v) is 1.48. The van der Waals surface area contributed by atoms with Crippen molar-refractivity contribution in [3.63, 3.8) is 0 Å². The molecule has 0 rings (SSSR count). The first-order valence-electron chi connectivity index (χ1n) is 5.39. The minimum Gasteiger partial charge on any atom is -0.481 e. The normalized spacial score (nSPS) is 12.8. The van der Waals surface area contributed by atoms with E-state index in [2.05, 4.69) is 0 Å². The molecule has 18 heavy (non-hydrogen) atoms. The average Bonchev–Trinajstić information content (AvgIpc) is 2.14. The van der Waals surface area contributed by atoms with Crippen LogP contribution in [0.4, 0.5) is 0 Å². The first-order valence-corrected chi connectivity index (χ1v) is 5.39. The molecule has 6 N–H and O–H groups in total. The molecular formula is C11H22BiN2O4. The average molecular weight is 455 g/mol. The van der Waals surface area contributed by atoms with Crippen LogP contribution in [0.1, 0.15) is 40.5 Å². The summed E-state index contributed by atoms with van der Waals surface area (Å²) in [5.41, 5.74) is 8.35. The molecule has 6 nitrogen and oxygen atoms in total. The maximum absolute atomic E-state index is 11.2. The molecule has 105 valence electrons. The summed E-state index contributed by atoms with van der Waals surface area (Å²) in [5, 5.41) is 17.8. The van der Waals surface area contributed by atoms with Crippen molar-refractivity contribution in [2.75, 3.05) is 0 Å². The molecule has 0 saturated carbocycles. The van der Waals surface area contributed by atoms with Crippen LogP contribution in [0.15, 0.2) is 0 Å². The van der Waals surface area contributed by atoms with Crippen molar-refractivity contribution in [3.05, 3.63) is 0 Å². The van der Waals surface area contributed by atoms with E-state index in [1.165, 1.54) is 13.8 Å². The summed E-state index contributed by atoms with van der Waals surface area (Å²) in [4.78, 5) is 21.8. The minimum atomic E-state index is -1.37. The maximum atomic E-state index is 11.2. The summed E-state index contributed by atoms with van der Waals surface area (Å²) in [6.07, 6.45) is -0.168. The van der Waals surface area contributed by atoms with E-state index < -0.39 is 28.4 Å². The largest absolute Gasteiger partial charge is 0.481 e. The molecule has 0 aliphatic carbocycles. The minimum absolute atomic E-state index is 0. The van der Waals surface area contributed by atoms with Crippen LogP contribution in [0, 0.1) is 10.8 Å². The summed E-state index contributed by atoms with van der Waals surface area (Å²) in [6, 6.07) is 0. The van der Waals surface area contributed by atoms with Crippen molar-refractivity contribution in [2.24, 2.45) is 22.3 Å². The third-order valence-electron chi connectivity index (χ3n) is 4.01. The number of nitrogens with two attached hydrogens (primary N) is 2. The van der Waals surface area contributed by atoms with Gasteiger partial charge in [-0.3, -0.25) is 9.59 Å². The predicted molar refractivity (Wildman–Crippen MR) is 68.9 cm³/mol. The predicted octanol–water partition coefficient (Wildman–Crippen LogP) is 0.221. The Kier molecular flexibility index (Phi) is 6.98. The molecule has 0 heterocycles. The maximum Gasteiger partial charge on any atom is 0.309 e. The van der Waals surface area contributed by atoms with Crippen molar-refractivity contribution >= 4 is 38.1 Å². The Labute approximate surface area is 126 Å². The molecule has 0 bridgehead atoms. The molecule has 0 unspecified atom stereocenters. The number of carboxylic acid groups (broad SMARTS) is 2. The SMILES string of the molecule is CC(C)(C(=O)O)C(C)(C)C(N)(N)CCC(=O)O.[Bi]. The number of hydrogen-bond acceptors (Lipinski definition) is 4. The van der Waals surface area contributed by atoms with E-state index in [4.69, 9.17) is 16.6 Å². The van der Waals surface area contributed by atoms with Crippen LogP contribution in [-0.4, -0.2) is 54.0 Å². The Morgan fingerprint density at radius 2 is 1.44 bits per heavy atom. The third kappa shape index (κ3) is 3.87. The van der Waals surface area contributed by atoms with Gasteiger partial charge in [0.05, 0.1) is 11.1 Å². The van der Waals surface area contributed by atoms with Crippen molar-refractivity contribution < 1.29 is 19.8 Å². The van der Waals surface area contributed by atoms with Gasteiger partial charge >= 0.3 is 11.9 Å². The van der Waals surface area contributed by atoms with E-state index in [-0.39, 0.29) is 39.0 Å². The van der Waals surface area contributed by atoms with E-state index >= 15 is 0 Å². The first kappa shape index (κ1) is 20.1. The van der Waals surface area contributed by atoms with Crippen LogP contribution in [0.5, 0.6) is 0 Å². The van der Waals surface area contributed by atoms with Gasteiger partial charge in [0.15, 0.2) is 0 Å². The molecule has 0 atom stereocenters. The van der Waals surface area contributed by atoms with Gasteiger partial charge in [0.25, 0.3) is 0 Å². The van der Waals surface area contributed by atoms with Crippen LogP contribution < -0.4 is 11.5 Å². The van der Waals surface area contributed by atoms with E-state index in [0.29, 0.717) is 0 Å². The van der Waals surface area contributed by atoms with Gasteiger partial charge in [-0.2, -0.15) is 0 Å². The van der Waals surface area contributed by atoms with Gasteiger partial charge in [-0.05, 0) is 20.3 Å². The molecule has 0 saturated heterocycles. The van der Waals surface area contributed by atoms with E-state index in [9.17, 15) is 14.7 Å². The summed E-state index contributed by atoms with van der Waals surface area (Å²) < 4.78 is 0. The second-order valence-electron chi connectivity index (χ2n) is 5.49. The molecule has 0 amide bonds. The van der Waals surface area contributed by atoms with Crippen LogP contribution in [-0.2, 0) is 9.59 Å². The summed E-state index contributed by atoms with van der Waals surface area (Å²) in [6.45, 7) is 6.35. The molecule has 0 fully saturated rings. The van der Waals surface area contributed by atoms with Gasteiger partial charge < -0.3 is 21.7 Å². The van der Waals surface area contributed by atoms with Crippen molar-refractivity contribution in [3.8, 4) is 0 Å². The number of carbonyl (C=O) groups is 2. The number of aliphatic carboxylic acids is 2. The fourth-order valence-electron chi connectivity index (χ4n) is 1.48. The monoisotopic (exact) mass is 455 g/mol. The van der Waals surface area contributed by atoms with E-state index in [1.807, 2.05) is 0 Å².